The molecule has 3 amide bonds. The van der Waals surface area contributed by atoms with Gasteiger partial charge in [-0.1, -0.05) is 25.4 Å². The van der Waals surface area contributed by atoms with Crippen LogP contribution in [0, 0.1) is 12.8 Å². The van der Waals surface area contributed by atoms with E-state index in [9.17, 15) is 14.4 Å². The molecule has 0 bridgehead atoms. The van der Waals surface area contributed by atoms with Crippen LogP contribution in [0.4, 0.5) is 0 Å². The zero-order chi connectivity index (χ0) is 25.4. The Hall–Kier alpha value is -3.20. The van der Waals surface area contributed by atoms with E-state index < -0.39 is 0 Å². The number of aromatic nitrogens is 2. The summed E-state index contributed by atoms with van der Waals surface area (Å²) >= 11 is 6.12. The minimum absolute atomic E-state index is 0.0974. The number of amides is 3. The maximum atomic E-state index is 13.1. The molecule has 188 valence electrons. The van der Waals surface area contributed by atoms with Crippen molar-refractivity contribution < 1.29 is 19.1 Å². The number of nitrogens with zero attached hydrogens (tertiary/aromatic N) is 3. The Balaban J connectivity index is 1.82. The SMILES string of the molecule is Cc1ncc(C(=O)N2CCCCNC(=O)c3cc(Cl)ccc3OC[C@H](CC(C)C)NC(=O)C2)cn1. The van der Waals surface area contributed by atoms with Gasteiger partial charge in [0.15, 0.2) is 0 Å². The molecule has 0 unspecified atom stereocenters. The van der Waals surface area contributed by atoms with Crippen LogP contribution in [-0.4, -0.2) is 64.9 Å². The second-order valence-corrected chi connectivity index (χ2v) is 9.49. The van der Waals surface area contributed by atoms with E-state index in [1.807, 2.05) is 0 Å². The summed E-state index contributed by atoms with van der Waals surface area (Å²) in [6, 6.07) is 4.59. The molecule has 10 heteroatoms. The number of rotatable bonds is 3. The molecule has 0 fully saturated rings. The van der Waals surface area contributed by atoms with Crippen LogP contribution in [0.2, 0.25) is 5.02 Å². The van der Waals surface area contributed by atoms with Gasteiger partial charge in [0, 0.05) is 30.5 Å². The lowest BCUT2D eigenvalue weighted by Gasteiger charge is -2.25. The average Bonchev–Trinajstić information content (AvgIpc) is 2.81. The van der Waals surface area contributed by atoms with Crippen LogP contribution in [0.5, 0.6) is 5.75 Å². The Morgan fingerprint density at radius 2 is 1.97 bits per heavy atom. The maximum Gasteiger partial charge on any atom is 0.257 e. The largest absolute Gasteiger partial charge is 0.491 e. The van der Waals surface area contributed by atoms with Crippen molar-refractivity contribution in [3.63, 3.8) is 0 Å². The highest BCUT2D eigenvalue weighted by Crippen LogP contribution is 2.24. The van der Waals surface area contributed by atoms with E-state index in [0.29, 0.717) is 66.0 Å². The van der Waals surface area contributed by atoms with Crippen molar-refractivity contribution in [2.75, 3.05) is 26.2 Å². The van der Waals surface area contributed by atoms with Crippen LogP contribution in [0.25, 0.3) is 0 Å². The first-order chi connectivity index (χ1) is 16.7. The fourth-order valence-electron chi connectivity index (χ4n) is 3.84. The van der Waals surface area contributed by atoms with Crippen LogP contribution in [0.1, 0.15) is 59.7 Å². The quantitative estimate of drug-likeness (QED) is 0.668. The van der Waals surface area contributed by atoms with Gasteiger partial charge in [0.05, 0.1) is 23.7 Å². The summed E-state index contributed by atoms with van der Waals surface area (Å²) in [6.07, 6.45) is 4.82. The first kappa shape index (κ1) is 26.4. The maximum absolute atomic E-state index is 13.1. The number of halogens is 1. The molecular formula is C25H32ClN5O4. The van der Waals surface area contributed by atoms with E-state index in [-0.39, 0.29) is 36.9 Å². The summed E-state index contributed by atoms with van der Waals surface area (Å²) in [7, 11) is 0. The van der Waals surface area contributed by atoms with Gasteiger partial charge in [-0.2, -0.15) is 0 Å². The van der Waals surface area contributed by atoms with Gasteiger partial charge in [-0.15, -0.1) is 0 Å². The summed E-state index contributed by atoms with van der Waals surface area (Å²) in [4.78, 5) is 48.6. The lowest BCUT2D eigenvalue weighted by molar-refractivity contribution is -0.122. The van der Waals surface area contributed by atoms with Crippen molar-refractivity contribution in [2.45, 2.75) is 46.1 Å². The zero-order valence-electron chi connectivity index (χ0n) is 20.3. The van der Waals surface area contributed by atoms with E-state index in [0.717, 1.165) is 0 Å². The fourth-order valence-corrected chi connectivity index (χ4v) is 4.02. The third-order valence-electron chi connectivity index (χ3n) is 5.54. The summed E-state index contributed by atoms with van der Waals surface area (Å²) in [5.74, 6) is 0.382. The van der Waals surface area contributed by atoms with Crippen molar-refractivity contribution in [2.24, 2.45) is 5.92 Å². The molecule has 1 aromatic carbocycles. The van der Waals surface area contributed by atoms with Crippen molar-refractivity contribution >= 4 is 29.3 Å². The molecule has 1 aromatic heterocycles. The normalized spacial score (nSPS) is 18.0. The molecule has 0 spiro atoms. The van der Waals surface area contributed by atoms with Crippen molar-refractivity contribution in [3.8, 4) is 5.75 Å². The van der Waals surface area contributed by atoms with Gasteiger partial charge in [-0.25, -0.2) is 9.97 Å². The predicted molar refractivity (Wildman–Crippen MR) is 133 cm³/mol. The van der Waals surface area contributed by atoms with E-state index in [4.69, 9.17) is 16.3 Å². The van der Waals surface area contributed by atoms with E-state index in [2.05, 4.69) is 34.4 Å². The topological polar surface area (TPSA) is 114 Å². The number of hydrogen-bond acceptors (Lipinski definition) is 6. The Morgan fingerprint density at radius 3 is 2.69 bits per heavy atom. The van der Waals surface area contributed by atoms with Gasteiger partial charge in [0.2, 0.25) is 5.91 Å². The average molecular weight is 502 g/mol. The fraction of sp³-hybridized carbons (Fsp3) is 0.480. The van der Waals surface area contributed by atoms with E-state index in [1.165, 1.54) is 17.3 Å². The third-order valence-corrected chi connectivity index (χ3v) is 5.77. The van der Waals surface area contributed by atoms with Crippen molar-refractivity contribution in [1.82, 2.24) is 25.5 Å². The Labute approximate surface area is 210 Å². The highest BCUT2D eigenvalue weighted by molar-refractivity contribution is 6.31. The van der Waals surface area contributed by atoms with Gasteiger partial charge < -0.3 is 20.3 Å². The Bertz CT molecular complexity index is 1040. The number of fused-ring (bicyclic) bond motifs is 1. The predicted octanol–water partition coefficient (Wildman–Crippen LogP) is 3.01. The highest BCUT2D eigenvalue weighted by atomic mass is 35.5. The molecule has 1 aliphatic rings. The van der Waals surface area contributed by atoms with Crippen molar-refractivity contribution in [1.29, 1.82) is 0 Å². The zero-order valence-corrected chi connectivity index (χ0v) is 21.1. The van der Waals surface area contributed by atoms with Crippen LogP contribution in [-0.2, 0) is 4.79 Å². The number of aryl methyl sites for hydroxylation is 1. The first-order valence-corrected chi connectivity index (χ1v) is 12.2. The summed E-state index contributed by atoms with van der Waals surface area (Å²) in [5.41, 5.74) is 0.669. The smallest absolute Gasteiger partial charge is 0.257 e. The van der Waals surface area contributed by atoms with Gasteiger partial charge in [0.25, 0.3) is 11.8 Å². The van der Waals surface area contributed by atoms with Crippen LogP contribution in [0.3, 0.4) is 0 Å². The molecule has 1 atom stereocenters. The molecule has 0 saturated carbocycles. The number of hydrogen-bond donors (Lipinski definition) is 2. The number of nitrogens with one attached hydrogen (secondary N) is 2. The molecule has 3 rings (SSSR count). The third kappa shape index (κ3) is 7.92. The van der Waals surface area contributed by atoms with Crippen LogP contribution < -0.4 is 15.4 Å². The molecule has 0 aliphatic carbocycles. The van der Waals surface area contributed by atoms with Gasteiger partial charge >= 0.3 is 0 Å². The summed E-state index contributed by atoms with van der Waals surface area (Å²) in [6.45, 7) is 6.67. The number of ether oxygens (including phenoxy) is 1. The second-order valence-electron chi connectivity index (χ2n) is 9.05. The van der Waals surface area contributed by atoms with Gasteiger partial charge in [-0.3, -0.25) is 14.4 Å². The monoisotopic (exact) mass is 501 g/mol. The first-order valence-electron chi connectivity index (χ1n) is 11.8. The second kappa shape index (κ2) is 12.5. The Morgan fingerprint density at radius 1 is 1.23 bits per heavy atom. The Kier molecular flexibility index (Phi) is 9.42. The van der Waals surface area contributed by atoms with Gasteiger partial charge in [0.1, 0.15) is 18.2 Å². The molecule has 0 saturated heterocycles. The highest BCUT2D eigenvalue weighted by Gasteiger charge is 2.23. The molecule has 0 radical (unpaired) electrons. The lowest BCUT2D eigenvalue weighted by atomic mass is 10.0. The molecule has 2 heterocycles. The molecule has 2 N–H and O–H groups in total. The van der Waals surface area contributed by atoms with Crippen LogP contribution >= 0.6 is 11.6 Å². The molecule has 1 aliphatic heterocycles. The molecule has 2 aromatic rings. The minimum Gasteiger partial charge on any atom is -0.491 e. The van der Waals surface area contributed by atoms with Gasteiger partial charge in [-0.05, 0) is 50.3 Å². The minimum atomic E-state index is -0.313. The van der Waals surface area contributed by atoms with Crippen molar-refractivity contribution in [3.05, 3.63) is 52.6 Å². The summed E-state index contributed by atoms with van der Waals surface area (Å²) in [5, 5.41) is 6.32. The summed E-state index contributed by atoms with van der Waals surface area (Å²) < 4.78 is 5.97. The van der Waals surface area contributed by atoms with Crippen LogP contribution in [0.15, 0.2) is 30.6 Å². The number of carbonyl (C=O) groups excluding carboxylic acids is 3. The molecule has 35 heavy (non-hydrogen) atoms. The molecular weight excluding hydrogens is 470 g/mol. The number of benzene rings is 1. The van der Waals surface area contributed by atoms with E-state index in [1.54, 1.807) is 25.1 Å². The standard InChI is InChI=1S/C25H32ClN5O4/c1-16(2)10-20-15-35-22-7-6-19(26)11-21(22)24(33)27-8-4-5-9-31(14-23(32)30-20)25(34)18-12-28-17(3)29-13-18/h6-7,11-13,16,20H,4-5,8-10,14-15H2,1-3H3,(H,27,33)(H,30,32)/t20-/m0/s1. The lowest BCUT2D eigenvalue weighted by Crippen LogP contribution is -2.46. The molecule has 9 nitrogen and oxygen atoms in total. The van der Waals surface area contributed by atoms with E-state index >= 15 is 0 Å². The number of carbonyl (C=O) groups is 3.